The highest BCUT2D eigenvalue weighted by Gasteiger charge is 2.14. The molecule has 1 atom stereocenters. The van der Waals surface area contributed by atoms with Crippen LogP contribution in [-0.4, -0.2) is 26.9 Å². The number of hydrogen-bond donors (Lipinski definition) is 1. The summed E-state index contributed by atoms with van der Waals surface area (Å²) < 4.78 is 3.84. The third kappa shape index (κ3) is 5.12. The molecule has 6 heteroatoms. The number of nitrogens with one attached hydrogen (secondary N) is 1. The lowest BCUT2D eigenvalue weighted by molar-refractivity contribution is 0.0956. The SMILES string of the molecule is CCCc1nnsc1C(=O)NCCCC(C)Br. The lowest BCUT2D eigenvalue weighted by atomic mass is 10.2. The first kappa shape index (κ1) is 14.6. The maximum atomic E-state index is 11.9. The number of rotatable bonds is 7. The van der Waals surface area contributed by atoms with E-state index in [2.05, 4.69) is 44.7 Å². The van der Waals surface area contributed by atoms with Crippen molar-refractivity contribution in [2.45, 2.75) is 44.4 Å². The van der Waals surface area contributed by atoms with Gasteiger partial charge in [0.1, 0.15) is 4.88 Å². The van der Waals surface area contributed by atoms with Crippen molar-refractivity contribution < 1.29 is 4.79 Å². The number of carbonyl (C=O) groups excluding carboxylic acids is 1. The van der Waals surface area contributed by atoms with Gasteiger partial charge in [0.25, 0.3) is 5.91 Å². The molecular weight excluding hydrogens is 302 g/mol. The molecule has 1 aromatic rings. The molecule has 1 rings (SSSR count). The first-order chi connectivity index (χ1) is 8.15. The van der Waals surface area contributed by atoms with Gasteiger partial charge >= 0.3 is 0 Å². The second-order valence-electron chi connectivity index (χ2n) is 3.98. The summed E-state index contributed by atoms with van der Waals surface area (Å²) in [4.78, 5) is 13.0. The van der Waals surface area contributed by atoms with Crippen molar-refractivity contribution in [1.82, 2.24) is 14.9 Å². The Kier molecular flexibility index (Phi) is 6.65. The van der Waals surface area contributed by atoms with Crippen LogP contribution in [0.4, 0.5) is 0 Å². The molecule has 0 saturated carbocycles. The first-order valence-electron chi connectivity index (χ1n) is 5.88. The van der Waals surface area contributed by atoms with Gasteiger partial charge in [0.2, 0.25) is 0 Å². The Morgan fingerprint density at radius 3 is 3.00 bits per heavy atom. The summed E-state index contributed by atoms with van der Waals surface area (Å²) in [5.41, 5.74) is 0.823. The van der Waals surface area contributed by atoms with Gasteiger partial charge in [-0.3, -0.25) is 4.79 Å². The van der Waals surface area contributed by atoms with Crippen molar-refractivity contribution in [3.63, 3.8) is 0 Å². The van der Waals surface area contributed by atoms with Crippen LogP contribution in [0.3, 0.4) is 0 Å². The van der Waals surface area contributed by atoms with Gasteiger partial charge in [-0.05, 0) is 30.8 Å². The number of carbonyl (C=O) groups is 1. The average Bonchev–Trinajstić information content (AvgIpc) is 2.72. The Balaban J connectivity index is 2.38. The van der Waals surface area contributed by atoms with Crippen molar-refractivity contribution in [3.05, 3.63) is 10.6 Å². The average molecular weight is 320 g/mol. The summed E-state index contributed by atoms with van der Waals surface area (Å²) in [5, 5.41) is 6.89. The van der Waals surface area contributed by atoms with Gasteiger partial charge in [0.05, 0.1) is 5.69 Å². The summed E-state index contributed by atoms with van der Waals surface area (Å²) in [7, 11) is 0. The fraction of sp³-hybridized carbons (Fsp3) is 0.727. The fourth-order valence-corrected chi connectivity index (χ4v) is 2.40. The van der Waals surface area contributed by atoms with E-state index in [9.17, 15) is 4.79 Å². The summed E-state index contributed by atoms with van der Waals surface area (Å²) in [6.07, 6.45) is 3.83. The van der Waals surface area contributed by atoms with Crippen LogP contribution in [0.15, 0.2) is 0 Å². The predicted octanol–water partition coefficient (Wildman–Crippen LogP) is 2.78. The van der Waals surface area contributed by atoms with E-state index < -0.39 is 0 Å². The molecule has 0 saturated heterocycles. The second kappa shape index (κ2) is 7.76. The molecule has 0 aromatic carbocycles. The van der Waals surface area contributed by atoms with Crippen LogP contribution in [0.5, 0.6) is 0 Å². The molecule has 17 heavy (non-hydrogen) atoms. The molecule has 0 fully saturated rings. The van der Waals surface area contributed by atoms with E-state index in [-0.39, 0.29) is 5.91 Å². The number of hydrogen-bond acceptors (Lipinski definition) is 4. The summed E-state index contributed by atoms with van der Waals surface area (Å²) in [6.45, 7) is 4.88. The molecule has 1 N–H and O–H groups in total. The van der Waals surface area contributed by atoms with Crippen LogP contribution in [-0.2, 0) is 6.42 Å². The minimum absolute atomic E-state index is 0.0364. The number of amides is 1. The molecule has 0 aliphatic rings. The van der Waals surface area contributed by atoms with E-state index >= 15 is 0 Å². The lowest BCUT2D eigenvalue weighted by Crippen LogP contribution is -2.24. The third-order valence-corrected chi connectivity index (χ3v) is 3.54. The highest BCUT2D eigenvalue weighted by atomic mass is 79.9. The first-order valence-corrected chi connectivity index (χ1v) is 7.57. The zero-order valence-electron chi connectivity index (χ0n) is 10.2. The largest absolute Gasteiger partial charge is 0.351 e. The van der Waals surface area contributed by atoms with E-state index in [0.29, 0.717) is 16.2 Å². The van der Waals surface area contributed by atoms with Crippen LogP contribution in [0, 0.1) is 0 Å². The topological polar surface area (TPSA) is 54.9 Å². The molecule has 1 unspecified atom stereocenters. The van der Waals surface area contributed by atoms with E-state index in [1.54, 1.807) is 0 Å². The minimum atomic E-state index is -0.0364. The molecule has 0 radical (unpaired) electrons. The minimum Gasteiger partial charge on any atom is -0.351 e. The molecule has 96 valence electrons. The Morgan fingerprint density at radius 2 is 2.35 bits per heavy atom. The zero-order chi connectivity index (χ0) is 12.7. The molecule has 0 aliphatic carbocycles. The molecule has 0 aliphatic heterocycles. The smallest absolute Gasteiger partial charge is 0.264 e. The predicted molar refractivity (Wildman–Crippen MR) is 73.9 cm³/mol. The van der Waals surface area contributed by atoms with Gasteiger partial charge in [-0.1, -0.05) is 40.7 Å². The lowest BCUT2D eigenvalue weighted by Gasteiger charge is -2.05. The maximum absolute atomic E-state index is 11.9. The van der Waals surface area contributed by atoms with E-state index in [1.165, 1.54) is 11.5 Å². The van der Waals surface area contributed by atoms with Crippen molar-refractivity contribution in [1.29, 1.82) is 0 Å². The van der Waals surface area contributed by atoms with Gasteiger partial charge in [-0.2, -0.15) is 0 Å². The molecular formula is C11H18BrN3OS. The van der Waals surface area contributed by atoms with E-state index in [0.717, 1.165) is 31.4 Å². The number of aryl methyl sites for hydroxylation is 1. The van der Waals surface area contributed by atoms with Gasteiger partial charge in [0, 0.05) is 11.4 Å². The fourth-order valence-electron chi connectivity index (χ4n) is 1.45. The highest BCUT2D eigenvalue weighted by Crippen LogP contribution is 2.12. The number of nitrogens with zero attached hydrogens (tertiary/aromatic N) is 2. The summed E-state index contributed by atoms with van der Waals surface area (Å²) >= 11 is 4.66. The Morgan fingerprint density at radius 1 is 1.59 bits per heavy atom. The molecule has 0 spiro atoms. The van der Waals surface area contributed by atoms with Crippen LogP contribution >= 0.6 is 27.5 Å². The normalized spacial score (nSPS) is 12.4. The van der Waals surface area contributed by atoms with Crippen LogP contribution in [0.25, 0.3) is 0 Å². The van der Waals surface area contributed by atoms with Crippen molar-refractivity contribution in [3.8, 4) is 0 Å². The van der Waals surface area contributed by atoms with Gasteiger partial charge in [-0.15, -0.1) is 5.10 Å². The Labute approximate surface area is 114 Å². The van der Waals surface area contributed by atoms with Crippen LogP contribution in [0.1, 0.15) is 48.5 Å². The molecule has 0 bridgehead atoms. The molecule has 1 aromatic heterocycles. The third-order valence-electron chi connectivity index (χ3n) is 2.31. The molecule has 1 amide bonds. The van der Waals surface area contributed by atoms with Crippen LogP contribution < -0.4 is 5.32 Å². The standard InChI is InChI=1S/C11H18BrN3OS/c1-3-5-9-10(17-15-14-9)11(16)13-7-4-6-8(2)12/h8H,3-7H2,1-2H3,(H,13,16). The van der Waals surface area contributed by atoms with Gasteiger partial charge in [-0.25, -0.2) is 0 Å². The number of halogens is 1. The monoisotopic (exact) mass is 319 g/mol. The Bertz CT molecular complexity index is 354. The number of alkyl halides is 1. The van der Waals surface area contributed by atoms with E-state index in [1.807, 2.05) is 0 Å². The maximum Gasteiger partial charge on any atom is 0.264 e. The summed E-state index contributed by atoms with van der Waals surface area (Å²) in [6, 6.07) is 0. The van der Waals surface area contributed by atoms with Crippen molar-refractivity contribution in [2.75, 3.05) is 6.54 Å². The second-order valence-corrected chi connectivity index (χ2v) is 6.29. The number of aromatic nitrogens is 2. The summed E-state index contributed by atoms with van der Waals surface area (Å²) in [5.74, 6) is -0.0364. The van der Waals surface area contributed by atoms with Crippen molar-refractivity contribution in [2.24, 2.45) is 0 Å². The van der Waals surface area contributed by atoms with Gasteiger partial charge < -0.3 is 5.32 Å². The quantitative estimate of drug-likeness (QED) is 0.621. The van der Waals surface area contributed by atoms with Gasteiger partial charge in [0.15, 0.2) is 0 Å². The van der Waals surface area contributed by atoms with E-state index in [4.69, 9.17) is 0 Å². The Hall–Kier alpha value is -0.490. The van der Waals surface area contributed by atoms with Crippen molar-refractivity contribution >= 4 is 33.4 Å². The zero-order valence-corrected chi connectivity index (χ0v) is 12.6. The van der Waals surface area contributed by atoms with Crippen LogP contribution in [0.2, 0.25) is 0 Å². The molecule has 4 nitrogen and oxygen atoms in total. The molecule has 1 heterocycles. The highest BCUT2D eigenvalue weighted by molar-refractivity contribution is 9.09.